The number of anilines is 1. The second-order valence-electron chi connectivity index (χ2n) is 6.04. The highest BCUT2D eigenvalue weighted by Crippen LogP contribution is 2.20. The predicted molar refractivity (Wildman–Crippen MR) is 86.3 cm³/mol. The van der Waals surface area contributed by atoms with Crippen LogP contribution < -0.4 is 10.2 Å². The van der Waals surface area contributed by atoms with E-state index in [-0.39, 0.29) is 29.3 Å². The minimum Gasteiger partial charge on any atom is -0.394 e. The van der Waals surface area contributed by atoms with Gasteiger partial charge in [0.1, 0.15) is 0 Å². The van der Waals surface area contributed by atoms with Crippen LogP contribution in [0, 0.1) is 5.92 Å². The molecule has 0 radical (unpaired) electrons. The molecular formula is C15H23ClN4O2. The Morgan fingerprint density at radius 3 is 2.73 bits per heavy atom. The number of aromatic nitrogens is 2. The molecule has 122 valence electrons. The molecule has 1 aliphatic heterocycles. The molecule has 2 rings (SSSR count). The summed E-state index contributed by atoms with van der Waals surface area (Å²) in [6.45, 7) is 5.77. The van der Waals surface area contributed by atoms with Crippen molar-refractivity contribution in [3.8, 4) is 0 Å². The van der Waals surface area contributed by atoms with Crippen molar-refractivity contribution < 1.29 is 9.90 Å². The molecule has 1 aromatic rings. The van der Waals surface area contributed by atoms with E-state index in [2.05, 4.69) is 15.3 Å². The number of hydrogen-bond donors (Lipinski definition) is 2. The maximum absolute atomic E-state index is 12.4. The van der Waals surface area contributed by atoms with E-state index in [0.717, 1.165) is 25.9 Å². The van der Waals surface area contributed by atoms with Gasteiger partial charge in [-0.05, 0) is 25.2 Å². The van der Waals surface area contributed by atoms with Crippen LogP contribution in [-0.2, 0) is 0 Å². The summed E-state index contributed by atoms with van der Waals surface area (Å²) in [5.74, 6) is 0.544. The Labute approximate surface area is 135 Å². The van der Waals surface area contributed by atoms with Crippen molar-refractivity contribution >= 4 is 23.5 Å². The molecule has 22 heavy (non-hydrogen) atoms. The van der Waals surface area contributed by atoms with E-state index in [1.807, 2.05) is 18.7 Å². The molecule has 1 saturated heterocycles. The third kappa shape index (κ3) is 4.30. The Morgan fingerprint density at radius 1 is 1.45 bits per heavy atom. The van der Waals surface area contributed by atoms with Gasteiger partial charge in [-0.15, -0.1) is 0 Å². The Balaban J connectivity index is 2.12. The smallest absolute Gasteiger partial charge is 0.271 e. The highest BCUT2D eigenvalue weighted by Gasteiger charge is 2.21. The molecule has 1 aliphatic rings. The van der Waals surface area contributed by atoms with Crippen LogP contribution in [0.1, 0.15) is 43.6 Å². The van der Waals surface area contributed by atoms with Crippen molar-refractivity contribution in [1.82, 2.24) is 15.3 Å². The summed E-state index contributed by atoms with van der Waals surface area (Å²) in [4.78, 5) is 22.9. The van der Waals surface area contributed by atoms with Gasteiger partial charge in [-0.1, -0.05) is 25.4 Å². The molecule has 1 atom stereocenters. The molecular weight excluding hydrogens is 304 g/mol. The topological polar surface area (TPSA) is 78.3 Å². The monoisotopic (exact) mass is 326 g/mol. The molecule has 2 heterocycles. The van der Waals surface area contributed by atoms with E-state index < -0.39 is 0 Å². The fourth-order valence-electron chi connectivity index (χ4n) is 2.59. The first-order chi connectivity index (χ1) is 10.5. The molecule has 0 saturated carbocycles. The third-order valence-corrected chi connectivity index (χ3v) is 3.92. The maximum Gasteiger partial charge on any atom is 0.271 e. The Morgan fingerprint density at radius 2 is 2.14 bits per heavy atom. The lowest BCUT2D eigenvalue weighted by atomic mass is 10.0. The van der Waals surface area contributed by atoms with Crippen molar-refractivity contribution in [2.75, 3.05) is 24.6 Å². The number of aliphatic hydroxyl groups excluding tert-OH is 1. The number of nitrogens with zero attached hydrogens (tertiary/aromatic N) is 3. The first-order valence-electron chi connectivity index (χ1n) is 7.70. The zero-order chi connectivity index (χ0) is 16.1. The first kappa shape index (κ1) is 17.0. The molecule has 1 fully saturated rings. The molecule has 0 spiro atoms. The minimum absolute atomic E-state index is 0.106. The van der Waals surface area contributed by atoms with Crippen LogP contribution >= 0.6 is 11.6 Å². The van der Waals surface area contributed by atoms with Crippen LogP contribution in [0.4, 0.5) is 5.95 Å². The normalized spacial score (nSPS) is 16.1. The first-order valence-corrected chi connectivity index (χ1v) is 8.08. The van der Waals surface area contributed by atoms with Gasteiger partial charge in [0.05, 0.1) is 23.9 Å². The molecule has 1 unspecified atom stereocenters. The van der Waals surface area contributed by atoms with Crippen LogP contribution in [0.2, 0.25) is 5.02 Å². The molecule has 1 amide bonds. The quantitative estimate of drug-likeness (QED) is 0.834. The number of carbonyl (C=O) groups excluding carboxylic acids is 1. The number of halogens is 1. The highest BCUT2D eigenvalue weighted by molar-refractivity contribution is 6.33. The van der Waals surface area contributed by atoms with E-state index in [4.69, 9.17) is 11.6 Å². The van der Waals surface area contributed by atoms with E-state index in [9.17, 15) is 9.90 Å². The van der Waals surface area contributed by atoms with Gasteiger partial charge in [-0.25, -0.2) is 9.97 Å². The number of amides is 1. The van der Waals surface area contributed by atoms with Gasteiger partial charge < -0.3 is 15.3 Å². The molecule has 1 aromatic heterocycles. The largest absolute Gasteiger partial charge is 0.394 e. The van der Waals surface area contributed by atoms with Crippen molar-refractivity contribution in [1.29, 1.82) is 0 Å². The number of carbonyl (C=O) groups is 1. The summed E-state index contributed by atoms with van der Waals surface area (Å²) in [6.07, 6.45) is 4.38. The number of nitrogens with one attached hydrogen (secondary N) is 1. The summed E-state index contributed by atoms with van der Waals surface area (Å²) < 4.78 is 0. The van der Waals surface area contributed by atoms with E-state index in [1.165, 1.54) is 6.20 Å². The molecule has 7 heteroatoms. The van der Waals surface area contributed by atoms with Gasteiger partial charge >= 0.3 is 0 Å². The molecule has 0 aliphatic carbocycles. The highest BCUT2D eigenvalue weighted by atomic mass is 35.5. The molecule has 6 nitrogen and oxygen atoms in total. The number of hydrogen-bond acceptors (Lipinski definition) is 5. The second kappa shape index (κ2) is 7.74. The van der Waals surface area contributed by atoms with Gasteiger partial charge in [-0.3, -0.25) is 4.79 Å². The van der Waals surface area contributed by atoms with Crippen LogP contribution in [0.5, 0.6) is 0 Å². The third-order valence-electron chi connectivity index (χ3n) is 3.65. The fourth-order valence-corrected chi connectivity index (χ4v) is 2.77. The van der Waals surface area contributed by atoms with Gasteiger partial charge in [0, 0.05) is 13.1 Å². The van der Waals surface area contributed by atoms with Gasteiger partial charge in [0.25, 0.3) is 5.91 Å². The summed E-state index contributed by atoms with van der Waals surface area (Å²) >= 11 is 6.06. The fraction of sp³-hybridized carbons (Fsp3) is 0.667. The van der Waals surface area contributed by atoms with E-state index in [1.54, 1.807) is 0 Å². The summed E-state index contributed by atoms with van der Waals surface area (Å²) in [7, 11) is 0. The van der Waals surface area contributed by atoms with Crippen molar-refractivity contribution in [3.63, 3.8) is 0 Å². The lowest BCUT2D eigenvalue weighted by Gasteiger charge is -2.19. The van der Waals surface area contributed by atoms with Crippen LogP contribution in [0.15, 0.2) is 6.20 Å². The van der Waals surface area contributed by atoms with Crippen LogP contribution in [-0.4, -0.2) is 46.7 Å². The number of rotatable bonds is 6. The average molecular weight is 327 g/mol. The summed E-state index contributed by atoms with van der Waals surface area (Å²) in [6, 6.07) is -0.297. The standard InChI is InChI=1S/C15H23ClN4O2/c1-10(2)7-11(9-21)18-14(22)13-12(16)8-17-15(19-13)20-5-3-4-6-20/h8,10-11,21H,3-7,9H2,1-2H3,(H,18,22). The summed E-state index contributed by atoms with van der Waals surface area (Å²) in [5, 5.41) is 12.4. The lowest BCUT2D eigenvalue weighted by Crippen LogP contribution is -2.39. The van der Waals surface area contributed by atoms with Gasteiger partial charge in [-0.2, -0.15) is 0 Å². The van der Waals surface area contributed by atoms with Crippen molar-refractivity contribution in [2.45, 2.75) is 39.2 Å². The zero-order valence-electron chi connectivity index (χ0n) is 13.0. The Hall–Kier alpha value is -1.40. The van der Waals surface area contributed by atoms with E-state index >= 15 is 0 Å². The predicted octanol–water partition coefficient (Wildman–Crippen LogP) is 1.87. The molecule has 0 aromatic carbocycles. The Kier molecular flexibility index (Phi) is 5.97. The maximum atomic E-state index is 12.4. The van der Waals surface area contributed by atoms with Crippen LogP contribution in [0.3, 0.4) is 0 Å². The lowest BCUT2D eigenvalue weighted by molar-refractivity contribution is 0.0903. The van der Waals surface area contributed by atoms with E-state index in [0.29, 0.717) is 18.3 Å². The SMILES string of the molecule is CC(C)CC(CO)NC(=O)c1nc(N2CCCC2)ncc1Cl. The zero-order valence-corrected chi connectivity index (χ0v) is 13.8. The average Bonchev–Trinajstić information content (AvgIpc) is 3.00. The van der Waals surface area contributed by atoms with Crippen molar-refractivity contribution in [2.24, 2.45) is 5.92 Å². The van der Waals surface area contributed by atoms with Crippen LogP contribution in [0.25, 0.3) is 0 Å². The van der Waals surface area contributed by atoms with Crippen molar-refractivity contribution in [3.05, 3.63) is 16.9 Å². The van der Waals surface area contributed by atoms with Gasteiger partial charge in [0.2, 0.25) is 5.95 Å². The van der Waals surface area contributed by atoms with Gasteiger partial charge in [0.15, 0.2) is 5.69 Å². The number of aliphatic hydroxyl groups is 1. The molecule has 0 bridgehead atoms. The molecule has 2 N–H and O–H groups in total. The Bertz CT molecular complexity index is 518. The minimum atomic E-state index is -0.368. The second-order valence-corrected chi connectivity index (χ2v) is 6.45. The summed E-state index contributed by atoms with van der Waals surface area (Å²) in [5.41, 5.74) is 0.167.